The first kappa shape index (κ1) is 19.1. The molecule has 1 saturated heterocycles. The van der Waals surface area contributed by atoms with Crippen molar-refractivity contribution in [1.82, 2.24) is 14.9 Å². The van der Waals surface area contributed by atoms with E-state index >= 15 is 0 Å². The predicted molar refractivity (Wildman–Crippen MR) is 109 cm³/mol. The van der Waals surface area contributed by atoms with Crippen LogP contribution >= 0.6 is 0 Å². The van der Waals surface area contributed by atoms with Crippen LogP contribution in [-0.4, -0.2) is 45.3 Å². The first-order valence-corrected chi connectivity index (χ1v) is 9.85. The minimum Gasteiger partial charge on any atom is -0.371 e. The highest BCUT2D eigenvalue weighted by molar-refractivity contribution is 6.00. The van der Waals surface area contributed by atoms with E-state index in [1.807, 2.05) is 0 Å². The minimum atomic E-state index is -0.457. The highest BCUT2D eigenvalue weighted by atomic mass is 16.6. The molecule has 0 bridgehead atoms. The fraction of sp³-hybridized carbons (Fsp3) is 0.450. The first-order valence-electron chi connectivity index (χ1n) is 9.85. The number of anilines is 2. The number of aromatic nitrogens is 2. The molecular weight excluding hydrogens is 372 g/mol. The lowest BCUT2D eigenvalue weighted by Crippen LogP contribution is -2.39. The van der Waals surface area contributed by atoms with E-state index in [-0.39, 0.29) is 17.5 Å². The van der Waals surface area contributed by atoms with E-state index in [1.54, 1.807) is 17.2 Å². The van der Waals surface area contributed by atoms with Crippen LogP contribution in [0.2, 0.25) is 0 Å². The third kappa shape index (κ3) is 3.85. The molecule has 2 aliphatic rings. The number of benzene rings is 1. The number of hydrogen-bond donors (Lipinski definition) is 1. The summed E-state index contributed by atoms with van der Waals surface area (Å²) < 4.78 is 0. The highest BCUT2D eigenvalue weighted by Gasteiger charge is 2.28. The van der Waals surface area contributed by atoms with Gasteiger partial charge in [0.05, 0.1) is 21.9 Å². The third-order valence-corrected chi connectivity index (χ3v) is 5.79. The minimum absolute atomic E-state index is 0.0732. The van der Waals surface area contributed by atoms with E-state index in [1.165, 1.54) is 12.1 Å². The van der Waals surface area contributed by atoms with Gasteiger partial charge in [-0.05, 0) is 24.8 Å². The molecule has 0 unspecified atom stereocenters. The van der Waals surface area contributed by atoms with E-state index < -0.39 is 4.92 Å². The Morgan fingerprint density at radius 3 is 2.76 bits per heavy atom. The number of rotatable bonds is 3. The van der Waals surface area contributed by atoms with Gasteiger partial charge in [-0.2, -0.15) is 0 Å². The molecule has 0 spiro atoms. The second-order valence-electron chi connectivity index (χ2n) is 7.80. The van der Waals surface area contributed by atoms with Gasteiger partial charge in [-0.25, -0.2) is 9.97 Å². The van der Waals surface area contributed by atoms with Crippen LogP contribution in [0.4, 0.5) is 17.3 Å². The van der Waals surface area contributed by atoms with Gasteiger partial charge in [-0.1, -0.05) is 6.92 Å². The Hall–Kier alpha value is -3.23. The van der Waals surface area contributed by atoms with Crippen molar-refractivity contribution in [3.63, 3.8) is 0 Å². The normalized spacial score (nSPS) is 17.1. The van der Waals surface area contributed by atoms with Crippen molar-refractivity contribution in [3.05, 3.63) is 51.3 Å². The van der Waals surface area contributed by atoms with Crippen molar-refractivity contribution in [2.24, 2.45) is 5.92 Å². The summed E-state index contributed by atoms with van der Waals surface area (Å²) >= 11 is 0. The maximum absolute atomic E-state index is 13.4. The number of nitro benzene ring substituents is 1. The fourth-order valence-electron chi connectivity index (χ4n) is 4.01. The van der Waals surface area contributed by atoms with Crippen LogP contribution < -0.4 is 10.6 Å². The van der Waals surface area contributed by atoms with Crippen LogP contribution in [0.1, 0.15) is 41.4 Å². The Kier molecular flexibility index (Phi) is 5.04. The lowest BCUT2D eigenvalue weighted by atomic mass is 9.97. The van der Waals surface area contributed by atoms with E-state index in [0.717, 1.165) is 42.9 Å². The molecule has 9 heteroatoms. The van der Waals surface area contributed by atoms with Crippen LogP contribution in [0.5, 0.6) is 0 Å². The molecule has 3 heterocycles. The van der Waals surface area contributed by atoms with Gasteiger partial charge in [0.1, 0.15) is 0 Å². The quantitative estimate of drug-likeness (QED) is 0.625. The summed E-state index contributed by atoms with van der Waals surface area (Å²) in [6, 6.07) is 4.60. The monoisotopic (exact) mass is 396 g/mol. The van der Waals surface area contributed by atoms with E-state index in [2.05, 4.69) is 21.8 Å². The number of piperidine rings is 1. The number of amides is 1. The van der Waals surface area contributed by atoms with Crippen molar-refractivity contribution < 1.29 is 9.72 Å². The van der Waals surface area contributed by atoms with Gasteiger partial charge in [0.25, 0.3) is 11.6 Å². The molecule has 0 aliphatic carbocycles. The van der Waals surface area contributed by atoms with Gasteiger partial charge in [-0.3, -0.25) is 14.9 Å². The van der Waals surface area contributed by atoms with Gasteiger partial charge in [0.2, 0.25) is 5.95 Å². The average molecular weight is 396 g/mol. The second-order valence-corrected chi connectivity index (χ2v) is 7.80. The zero-order valence-electron chi connectivity index (χ0n) is 16.4. The second kappa shape index (κ2) is 7.65. The van der Waals surface area contributed by atoms with Crippen molar-refractivity contribution in [2.75, 3.05) is 30.3 Å². The lowest BCUT2D eigenvalue weighted by Gasteiger charge is -2.34. The van der Waals surface area contributed by atoms with Gasteiger partial charge in [0, 0.05) is 56.5 Å². The highest BCUT2D eigenvalue weighted by Crippen LogP contribution is 2.31. The molecule has 1 aromatic heterocycles. The molecular formula is C20H24N6O3. The van der Waals surface area contributed by atoms with Crippen LogP contribution in [0.25, 0.3) is 0 Å². The number of hydrogen-bond acceptors (Lipinski definition) is 7. The average Bonchev–Trinajstić information content (AvgIpc) is 2.73. The Balaban J connectivity index is 1.65. The summed E-state index contributed by atoms with van der Waals surface area (Å²) in [6.45, 7) is 4.76. The number of carbonyl (C=O) groups is 1. The van der Waals surface area contributed by atoms with Crippen molar-refractivity contribution in [2.45, 2.75) is 32.7 Å². The molecule has 0 atom stereocenters. The molecule has 1 fully saturated rings. The number of nitrogen functional groups attached to an aromatic ring is 1. The van der Waals surface area contributed by atoms with E-state index in [0.29, 0.717) is 31.0 Å². The largest absolute Gasteiger partial charge is 0.371 e. The van der Waals surface area contributed by atoms with E-state index in [4.69, 9.17) is 5.73 Å². The summed E-state index contributed by atoms with van der Waals surface area (Å²) in [6.07, 6.45) is 4.32. The number of carbonyl (C=O) groups excluding carboxylic acids is 1. The molecule has 2 aliphatic heterocycles. The maximum Gasteiger partial charge on any atom is 0.270 e. The summed E-state index contributed by atoms with van der Waals surface area (Å²) in [5.74, 6) is 0.670. The number of nitro groups is 1. The van der Waals surface area contributed by atoms with Crippen molar-refractivity contribution >= 4 is 23.2 Å². The number of non-ortho nitro benzene ring substituents is 1. The fourth-order valence-corrected chi connectivity index (χ4v) is 4.01. The summed E-state index contributed by atoms with van der Waals surface area (Å²) in [4.78, 5) is 36.4. The van der Waals surface area contributed by atoms with Gasteiger partial charge in [-0.15, -0.1) is 0 Å². The molecule has 0 saturated carbocycles. The zero-order valence-corrected chi connectivity index (χ0v) is 16.4. The van der Waals surface area contributed by atoms with Crippen LogP contribution in [0, 0.1) is 16.0 Å². The number of nitrogens with zero attached hydrogens (tertiary/aromatic N) is 5. The predicted octanol–water partition coefficient (Wildman–Crippen LogP) is 2.40. The van der Waals surface area contributed by atoms with Crippen molar-refractivity contribution in [1.29, 1.82) is 0 Å². The SMILES string of the molecule is CC1CCN(c2ccc([N+](=O)[O-])cc2C(=O)N2CCc3nc(N)ncc3C2)CC1. The molecule has 9 nitrogen and oxygen atoms in total. The maximum atomic E-state index is 13.4. The summed E-state index contributed by atoms with van der Waals surface area (Å²) in [7, 11) is 0. The topological polar surface area (TPSA) is 118 Å². The summed E-state index contributed by atoms with van der Waals surface area (Å²) in [5, 5.41) is 11.3. The Morgan fingerprint density at radius 2 is 2.03 bits per heavy atom. The zero-order chi connectivity index (χ0) is 20.5. The van der Waals surface area contributed by atoms with E-state index in [9.17, 15) is 14.9 Å². The Bertz CT molecular complexity index is 955. The third-order valence-electron chi connectivity index (χ3n) is 5.79. The van der Waals surface area contributed by atoms with Crippen molar-refractivity contribution in [3.8, 4) is 0 Å². The Morgan fingerprint density at radius 1 is 1.28 bits per heavy atom. The molecule has 1 aromatic carbocycles. The molecule has 29 heavy (non-hydrogen) atoms. The summed E-state index contributed by atoms with van der Waals surface area (Å²) in [5.41, 5.74) is 8.44. The number of fused-ring (bicyclic) bond motifs is 1. The molecule has 4 rings (SSSR count). The van der Waals surface area contributed by atoms with Crippen LogP contribution in [-0.2, 0) is 13.0 Å². The van der Waals surface area contributed by atoms with Gasteiger partial charge in [0.15, 0.2) is 0 Å². The molecule has 1 amide bonds. The smallest absolute Gasteiger partial charge is 0.270 e. The first-order chi connectivity index (χ1) is 13.9. The lowest BCUT2D eigenvalue weighted by molar-refractivity contribution is -0.384. The van der Waals surface area contributed by atoms with Gasteiger partial charge < -0.3 is 15.5 Å². The van der Waals surface area contributed by atoms with Crippen LogP contribution in [0.3, 0.4) is 0 Å². The Labute approximate surface area is 168 Å². The molecule has 0 radical (unpaired) electrons. The molecule has 2 N–H and O–H groups in total. The standard InChI is InChI=1S/C20H24N6O3/c1-13-4-7-24(8-5-13)18-3-2-15(26(28)29)10-16(18)19(27)25-9-6-17-14(12-25)11-22-20(21)23-17/h2-3,10-11,13H,4-9,12H2,1H3,(H2,21,22,23). The van der Waals surface area contributed by atoms with Crippen LogP contribution in [0.15, 0.2) is 24.4 Å². The molecule has 2 aromatic rings. The van der Waals surface area contributed by atoms with Gasteiger partial charge >= 0.3 is 0 Å². The molecule has 152 valence electrons. The number of nitrogens with two attached hydrogens (primary N) is 1.